The molecule has 1 amide bonds. The number of nitrogens with zero attached hydrogens (tertiary/aromatic N) is 2. The molecular formula is C18H15N3O3. The molecule has 0 aliphatic heterocycles. The normalized spacial score (nSPS) is 10.2. The lowest BCUT2D eigenvalue weighted by Crippen LogP contribution is -2.10. The van der Waals surface area contributed by atoms with Crippen LogP contribution in [0.4, 0.5) is 10.5 Å². The van der Waals surface area contributed by atoms with Crippen LogP contribution in [0, 0.1) is 6.92 Å². The van der Waals surface area contributed by atoms with Crippen LogP contribution in [0.3, 0.4) is 0 Å². The Morgan fingerprint density at radius 3 is 2.50 bits per heavy atom. The number of carboxylic acid groups (broad SMARTS) is 1. The number of benzene rings is 2. The lowest BCUT2D eigenvalue weighted by Gasteiger charge is -2.12. The molecule has 6 heteroatoms. The number of para-hydroxylation sites is 1. The number of aryl methyl sites for hydroxylation is 1. The second-order valence-corrected chi connectivity index (χ2v) is 5.08. The Morgan fingerprint density at radius 1 is 1.08 bits per heavy atom. The van der Waals surface area contributed by atoms with Gasteiger partial charge in [0.1, 0.15) is 11.4 Å². The Morgan fingerprint density at radius 2 is 1.79 bits per heavy atom. The summed E-state index contributed by atoms with van der Waals surface area (Å²) < 4.78 is 5.83. The quantitative estimate of drug-likeness (QED) is 0.747. The first-order valence-corrected chi connectivity index (χ1v) is 7.29. The number of hydrogen-bond donors (Lipinski definition) is 2. The van der Waals surface area contributed by atoms with Crippen molar-refractivity contribution in [3.8, 4) is 23.0 Å². The minimum absolute atomic E-state index is 0.153. The van der Waals surface area contributed by atoms with Crippen molar-refractivity contribution < 1.29 is 14.6 Å². The molecule has 0 saturated heterocycles. The van der Waals surface area contributed by atoms with Crippen LogP contribution in [0.25, 0.3) is 11.4 Å². The second kappa shape index (κ2) is 6.78. The van der Waals surface area contributed by atoms with E-state index < -0.39 is 6.09 Å². The van der Waals surface area contributed by atoms with E-state index in [1.165, 1.54) is 6.20 Å². The Kier molecular flexibility index (Phi) is 4.38. The fourth-order valence-electron chi connectivity index (χ4n) is 2.15. The summed E-state index contributed by atoms with van der Waals surface area (Å²) in [6.45, 7) is 1.90. The van der Waals surface area contributed by atoms with Gasteiger partial charge in [0.15, 0.2) is 5.82 Å². The number of amides is 1. The van der Waals surface area contributed by atoms with E-state index >= 15 is 0 Å². The zero-order valence-electron chi connectivity index (χ0n) is 12.9. The standard InChI is InChI=1S/C18H15N3O3/c1-12-7-5-6-10-15(12)24-17-14(20-18(22)23)11-19-16(21-17)13-8-3-2-4-9-13/h2-11,20H,1H3,(H,22,23). The molecule has 0 aliphatic rings. The van der Waals surface area contributed by atoms with E-state index in [2.05, 4.69) is 15.3 Å². The number of rotatable bonds is 4. The highest BCUT2D eigenvalue weighted by atomic mass is 16.5. The van der Waals surface area contributed by atoms with Gasteiger partial charge in [0.05, 0.1) is 6.20 Å². The summed E-state index contributed by atoms with van der Waals surface area (Å²) in [6, 6.07) is 16.8. The van der Waals surface area contributed by atoms with Crippen molar-refractivity contribution in [3.63, 3.8) is 0 Å². The maximum Gasteiger partial charge on any atom is 0.409 e. The maximum atomic E-state index is 11.0. The number of aromatic nitrogens is 2. The van der Waals surface area contributed by atoms with Gasteiger partial charge in [-0.1, -0.05) is 48.5 Å². The van der Waals surface area contributed by atoms with E-state index in [9.17, 15) is 4.79 Å². The molecule has 6 nitrogen and oxygen atoms in total. The minimum atomic E-state index is -1.21. The van der Waals surface area contributed by atoms with Crippen LogP contribution in [0.15, 0.2) is 60.8 Å². The predicted octanol–water partition coefficient (Wildman–Crippen LogP) is 4.33. The van der Waals surface area contributed by atoms with E-state index in [0.717, 1.165) is 11.1 Å². The highest BCUT2D eigenvalue weighted by Gasteiger charge is 2.14. The lowest BCUT2D eigenvalue weighted by atomic mass is 10.2. The molecule has 24 heavy (non-hydrogen) atoms. The molecule has 0 atom stereocenters. The molecule has 1 heterocycles. The zero-order valence-corrected chi connectivity index (χ0v) is 12.9. The Balaban J connectivity index is 2.03. The SMILES string of the molecule is Cc1ccccc1Oc1nc(-c2ccccc2)ncc1NC(=O)O. The van der Waals surface area contributed by atoms with Gasteiger partial charge in [-0.05, 0) is 18.6 Å². The first kappa shape index (κ1) is 15.5. The Hall–Kier alpha value is -3.41. The smallest absolute Gasteiger partial charge is 0.409 e. The van der Waals surface area contributed by atoms with Crippen molar-refractivity contribution in [1.82, 2.24) is 9.97 Å². The fraction of sp³-hybridized carbons (Fsp3) is 0.0556. The Bertz CT molecular complexity index is 866. The summed E-state index contributed by atoms with van der Waals surface area (Å²) in [7, 11) is 0. The van der Waals surface area contributed by atoms with Gasteiger partial charge in [0.25, 0.3) is 0 Å². The monoisotopic (exact) mass is 321 g/mol. The summed E-state index contributed by atoms with van der Waals surface area (Å²) in [5, 5.41) is 11.2. The van der Waals surface area contributed by atoms with E-state index in [4.69, 9.17) is 9.84 Å². The largest absolute Gasteiger partial charge is 0.465 e. The van der Waals surface area contributed by atoms with Gasteiger partial charge >= 0.3 is 6.09 Å². The van der Waals surface area contributed by atoms with Crippen LogP contribution in [0.1, 0.15) is 5.56 Å². The molecule has 0 unspecified atom stereocenters. The van der Waals surface area contributed by atoms with Gasteiger partial charge in [0, 0.05) is 5.56 Å². The van der Waals surface area contributed by atoms with Gasteiger partial charge in [-0.2, -0.15) is 4.98 Å². The van der Waals surface area contributed by atoms with Crippen molar-refractivity contribution in [3.05, 3.63) is 66.4 Å². The Labute approximate surface area is 138 Å². The van der Waals surface area contributed by atoms with Crippen molar-refractivity contribution in [1.29, 1.82) is 0 Å². The van der Waals surface area contributed by atoms with Crippen LogP contribution < -0.4 is 10.1 Å². The first-order valence-electron chi connectivity index (χ1n) is 7.29. The molecule has 3 rings (SSSR count). The average Bonchev–Trinajstić information content (AvgIpc) is 2.59. The van der Waals surface area contributed by atoms with E-state index in [-0.39, 0.29) is 11.6 Å². The van der Waals surface area contributed by atoms with Crippen molar-refractivity contribution in [2.45, 2.75) is 6.92 Å². The maximum absolute atomic E-state index is 11.0. The predicted molar refractivity (Wildman–Crippen MR) is 90.4 cm³/mol. The van der Waals surface area contributed by atoms with Crippen molar-refractivity contribution in [2.24, 2.45) is 0 Å². The molecule has 0 spiro atoms. The molecule has 0 aliphatic carbocycles. The fourth-order valence-corrected chi connectivity index (χ4v) is 2.15. The van der Waals surface area contributed by atoms with Crippen LogP contribution >= 0.6 is 0 Å². The summed E-state index contributed by atoms with van der Waals surface area (Å²) in [6.07, 6.45) is 0.192. The third-order valence-electron chi connectivity index (χ3n) is 3.33. The minimum Gasteiger partial charge on any atom is -0.465 e. The van der Waals surface area contributed by atoms with Gasteiger partial charge in [-0.25, -0.2) is 9.78 Å². The molecule has 120 valence electrons. The molecule has 0 saturated carbocycles. The molecular weight excluding hydrogens is 306 g/mol. The van der Waals surface area contributed by atoms with Crippen LogP contribution in [-0.2, 0) is 0 Å². The summed E-state index contributed by atoms with van der Waals surface area (Å²) in [4.78, 5) is 19.6. The highest BCUT2D eigenvalue weighted by Crippen LogP contribution is 2.30. The zero-order chi connectivity index (χ0) is 16.9. The van der Waals surface area contributed by atoms with Crippen LogP contribution in [0.2, 0.25) is 0 Å². The van der Waals surface area contributed by atoms with Crippen molar-refractivity contribution in [2.75, 3.05) is 5.32 Å². The lowest BCUT2D eigenvalue weighted by molar-refractivity contribution is 0.209. The number of carbonyl (C=O) groups is 1. The summed E-state index contributed by atoms with van der Waals surface area (Å²) in [5.41, 5.74) is 1.91. The number of nitrogens with one attached hydrogen (secondary N) is 1. The van der Waals surface area contributed by atoms with Crippen LogP contribution in [0.5, 0.6) is 11.6 Å². The molecule has 3 aromatic rings. The van der Waals surface area contributed by atoms with E-state index in [0.29, 0.717) is 11.6 Å². The van der Waals surface area contributed by atoms with Gasteiger partial charge in [-0.15, -0.1) is 0 Å². The van der Waals surface area contributed by atoms with Gasteiger partial charge in [-0.3, -0.25) is 5.32 Å². The number of hydrogen-bond acceptors (Lipinski definition) is 4. The highest BCUT2D eigenvalue weighted by molar-refractivity contribution is 5.84. The summed E-state index contributed by atoms with van der Waals surface area (Å²) in [5.74, 6) is 1.21. The van der Waals surface area contributed by atoms with Crippen LogP contribution in [-0.4, -0.2) is 21.2 Å². The van der Waals surface area contributed by atoms with E-state index in [1.54, 1.807) is 6.07 Å². The van der Waals surface area contributed by atoms with E-state index in [1.807, 2.05) is 55.5 Å². The van der Waals surface area contributed by atoms with Crippen molar-refractivity contribution >= 4 is 11.8 Å². The average molecular weight is 321 g/mol. The van der Waals surface area contributed by atoms with Gasteiger partial charge in [0.2, 0.25) is 5.88 Å². The third-order valence-corrected chi connectivity index (χ3v) is 3.33. The second-order valence-electron chi connectivity index (χ2n) is 5.08. The molecule has 1 aromatic heterocycles. The number of anilines is 1. The number of ether oxygens (including phenoxy) is 1. The molecule has 2 N–H and O–H groups in total. The molecule has 0 radical (unpaired) electrons. The summed E-state index contributed by atoms with van der Waals surface area (Å²) >= 11 is 0. The topological polar surface area (TPSA) is 84.3 Å². The molecule has 0 bridgehead atoms. The molecule has 2 aromatic carbocycles. The van der Waals surface area contributed by atoms with Gasteiger partial charge < -0.3 is 9.84 Å². The third kappa shape index (κ3) is 3.49. The molecule has 0 fully saturated rings. The first-order chi connectivity index (χ1) is 11.6.